The van der Waals surface area contributed by atoms with Gasteiger partial charge in [-0.05, 0) is 44.2 Å². The summed E-state index contributed by atoms with van der Waals surface area (Å²) in [5.74, 6) is -0.197. The molecule has 0 heterocycles. The quantitative estimate of drug-likeness (QED) is 0.872. The summed E-state index contributed by atoms with van der Waals surface area (Å²) in [5, 5.41) is 3.09. The van der Waals surface area contributed by atoms with Crippen LogP contribution in [0.4, 0.5) is 10.1 Å². The predicted molar refractivity (Wildman–Crippen MR) is 88.1 cm³/mol. The van der Waals surface area contributed by atoms with E-state index >= 15 is 0 Å². The van der Waals surface area contributed by atoms with Gasteiger partial charge in [-0.3, -0.25) is 4.79 Å². The highest BCUT2D eigenvalue weighted by atomic mass is 35.5. The predicted octanol–water partition coefficient (Wildman–Crippen LogP) is 4.53. The number of ether oxygens (including phenoxy) is 2. The Labute approximate surface area is 139 Å². The summed E-state index contributed by atoms with van der Waals surface area (Å²) in [5.41, 5.74) is 0.539. The van der Waals surface area contributed by atoms with Crippen molar-refractivity contribution in [2.75, 3.05) is 12.4 Å². The van der Waals surface area contributed by atoms with Crippen molar-refractivity contribution in [1.82, 2.24) is 0 Å². The van der Waals surface area contributed by atoms with E-state index in [2.05, 4.69) is 5.32 Å². The molecule has 0 atom stereocenters. The molecule has 0 fully saturated rings. The number of hydrogen-bond acceptors (Lipinski definition) is 3. The molecule has 0 aromatic heterocycles. The summed E-state index contributed by atoms with van der Waals surface area (Å²) in [6, 6.07) is 8.61. The lowest BCUT2D eigenvalue weighted by Gasteiger charge is -2.16. The van der Waals surface area contributed by atoms with Crippen LogP contribution in [0.25, 0.3) is 0 Å². The van der Waals surface area contributed by atoms with Gasteiger partial charge in [0.25, 0.3) is 5.91 Å². The minimum Gasteiger partial charge on any atom is -0.496 e. The topological polar surface area (TPSA) is 47.6 Å². The maximum Gasteiger partial charge on any atom is 0.259 e. The van der Waals surface area contributed by atoms with Gasteiger partial charge in [0.2, 0.25) is 0 Å². The third kappa shape index (κ3) is 4.36. The van der Waals surface area contributed by atoms with Crippen LogP contribution < -0.4 is 14.8 Å². The Morgan fingerprint density at radius 3 is 2.57 bits per heavy atom. The molecule has 0 aliphatic carbocycles. The number of hydrogen-bond donors (Lipinski definition) is 1. The highest BCUT2D eigenvalue weighted by Gasteiger charge is 2.16. The molecule has 23 heavy (non-hydrogen) atoms. The van der Waals surface area contributed by atoms with E-state index in [0.29, 0.717) is 16.5 Å². The van der Waals surface area contributed by atoms with Crippen molar-refractivity contribution < 1.29 is 18.7 Å². The number of methoxy groups -OCH3 is 1. The first kappa shape index (κ1) is 17.1. The fourth-order valence-corrected chi connectivity index (χ4v) is 2.16. The first-order valence-corrected chi connectivity index (χ1v) is 7.39. The SMILES string of the molecule is COc1cc(Cl)ccc1C(=O)Nc1cc(F)ccc1OC(C)C. The molecule has 2 aromatic carbocycles. The molecule has 122 valence electrons. The minimum absolute atomic E-state index is 0.110. The van der Waals surface area contributed by atoms with Gasteiger partial charge in [0.05, 0.1) is 24.5 Å². The number of nitrogens with one attached hydrogen (secondary N) is 1. The summed E-state index contributed by atoms with van der Waals surface area (Å²) in [7, 11) is 1.44. The lowest BCUT2D eigenvalue weighted by atomic mass is 10.1. The Morgan fingerprint density at radius 1 is 1.17 bits per heavy atom. The maximum absolute atomic E-state index is 13.5. The Bertz CT molecular complexity index is 719. The van der Waals surface area contributed by atoms with Gasteiger partial charge >= 0.3 is 0 Å². The monoisotopic (exact) mass is 337 g/mol. The summed E-state index contributed by atoms with van der Waals surface area (Å²) in [4.78, 5) is 12.4. The molecule has 4 nitrogen and oxygen atoms in total. The zero-order valence-corrected chi connectivity index (χ0v) is 13.8. The number of anilines is 1. The van der Waals surface area contributed by atoms with E-state index in [1.54, 1.807) is 12.1 Å². The molecule has 1 N–H and O–H groups in total. The average Bonchev–Trinajstić information content (AvgIpc) is 2.49. The van der Waals surface area contributed by atoms with Crippen molar-refractivity contribution in [3.63, 3.8) is 0 Å². The second kappa shape index (κ2) is 7.33. The molecular formula is C17H17ClFNO3. The second-order valence-electron chi connectivity index (χ2n) is 5.11. The molecule has 1 amide bonds. The number of rotatable bonds is 5. The van der Waals surface area contributed by atoms with Gasteiger partial charge in [0.1, 0.15) is 17.3 Å². The molecular weight excluding hydrogens is 321 g/mol. The standard InChI is InChI=1S/C17H17ClFNO3/c1-10(2)23-15-7-5-12(19)9-14(15)20-17(21)13-6-4-11(18)8-16(13)22-3/h4-10H,1-3H3,(H,20,21). The van der Waals surface area contributed by atoms with Gasteiger partial charge in [-0.25, -0.2) is 4.39 Å². The third-order valence-corrected chi connectivity index (χ3v) is 3.20. The maximum atomic E-state index is 13.5. The molecule has 6 heteroatoms. The van der Waals surface area contributed by atoms with Gasteiger partial charge in [-0.2, -0.15) is 0 Å². The number of carbonyl (C=O) groups excluding carboxylic acids is 1. The van der Waals surface area contributed by atoms with Crippen LogP contribution in [-0.2, 0) is 0 Å². The molecule has 0 aliphatic rings. The zero-order valence-electron chi connectivity index (χ0n) is 13.0. The van der Waals surface area contributed by atoms with E-state index in [1.807, 2.05) is 13.8 Å². The molecule has 2 rings (SSSR count). The lowest BCUT2D eigenvalue weighted by molar-refractivity contribution is 0.102. The number of benzene rings is 2. The van der Waals surface area contributed by atoms with Gasteiger partial charge in [0, 0.05) is 11.1 Å². The van der Waals surface area contributed by atoms with Crippen LogP contribution in [0.1, 0.15) is 24.2 Å². The van der Waals surface area contributed by atoms with Crippen LogP contribution in [0.3, 0.4) is 0 Å². The van der Waals surface area contributed by atoms with Crippen LogP contribution in [0.2, 0.25) is 5.02 Å². The van der Waals surface area contributed by atoms with Crippen LogP contribution >= 0.6 is 11.6 Å². The minimum atomic E-state index is -0.473. The molecule has 0 saturated heterocycles. The highest BCUT2D eigenvalue weighted by molar-refractivity contribution is 6.31. The first-order valence-electron chi connectivity index (χ1n) is 7.02. The van der Waals surface area contributed by atoms with E-state index < -0.39 is 11.7 Å². The van der Waals surface area contributed by atoms with Crippen LogP contribution in [0.15, 0.2) is 36.4 Å². The van der Waals surface area contributed by atoms with Crippen LogP contribution in [0, 0.1) is 5.82 Å². The lowest BCUT2D eigenvalue weighted by Crippen LogP contribution is -2.15. The number of amides is 1. The molecule has 2 aromatic rings. The Kier molecular flexibility index (Phi) is 5.45. The summed E-state index contributed by atoms with van der Waals surface area (Å²) in [6.07, 6.45) is -0.110. The number of carbonyl (C=O) groups is 1. The molecule has 0 saturated carbocycles. The van der Waals surface area contributed by atoms with Crippen molar-refractivity contribution >= 4 is 23.2 Å². The van der Waals surface area contributed by atoms with Crippen LogP contribution in [-0.4, -0.2) is 19.1 Å². The Morgan fingerprint density at radius 2 is 1.91 bits per heavy atom. The van der Waals surface area contributed by atoms with Crippen LogP contribution in [0.5, 0.6) is 11.5 Å². The summed E-state index contributed by atoms with van der Waals surface area (Å²) >= 11 is 5.88. The summed E-state index contributed by atoms with van der Waals surface area (Å²) in [6.45, 7) is 3.69. The second-order valence-corrected chi connectivity index (χ2v) is 5.54. The van der Waals surface area contributed by atoms with Crippen molar-refractivity contribution in [3.05, 3.63) is 52.8 Å². The molecule has 0 aliphatic heterocycles. The van der Waals surface area contributed by atoms with Gasteiger partial charge < -0.3 is 14.8 Å². The first-order chi connectivity index (χ1) is 10.9. The molecule has 0 bridgehead atoms. The van der Waals surface area contributed by atoms with Gasteiger partial charge in [0.15, 0.2) is 0 Å². The van der Waals surface area contributed by atoms with Gasteiger partial charge in [-0.1, -0.05) is 11.6 Å². The van der Waals surface area contributed by atoms with Gasteiger partial charge in [-0.15, -0.1) is 0 Å². The molecule has 0 radical (unpaired) electrons. The highest BCUT2D eigenvalue weighted by Crippen LogP contribution is 2.29. The normalized spacial score (nSPS) is 10.5. The van der Waals surface area contributed by atoms with E-state index in [-0.39, 0.29) is 17.4 Å². The van der Waals surface area contributed by atoms with E-state index in [1.165, 1.54) is 31.4 Å². The largest absolute Gasteiger partial charge is 0.496 e. The van der Waals surface area contributed by atoms with Crippen molar-refractivity contribution in [3.8, 4) is 11.5 Å². The summed E-state index contributed by atoms with van der Waals surface area (Å²) < 4.78 is 24.2. The average molecular weight is 338 g/mol. The third-order valence-electron chi connectivity index (χ3n) is 2.96. The van der Waals surface area contributed by atoms with Crippen molar-refractivity contribution in [1.29, 1.82) is 0 Å². The molecule has 0 unspecified atom stereocenters. The number of halogens is 2. The smallest absolute Gasteiger partial charge is 0.259 e. The Hall–Kier alpha value is -2.27. The fourth-order valence-electron chi connectivity index (χ4n) is 2.00. The Balaban J connectivity index is 2.31. The molecule has 0 spiro atoms. The fraction of sp³-hybridized carbons (Fsp3) is 0.235. The van der Waals surface area contributed by atoms with E-state index in [4.69, 9.17) is 21.1 Å². The van der Waals surface area contributed by atoms with E-state index in [9.17, 15) is 9.18 Å². The van der Waals surface area contributed by atoms with E-state index in [0.717, 1.165) is 0 Å². The van der Waals surface area contributed by atoms with Crippen molar-refractivity contribution in [2.45, 2.75) is 20.0 Å². The zero-order chi connectivity index (χ0) is 17.0. The van der Waals surface area contributed by atoms with Crippen molar-refractivity contribution in [2.24, 2.45) is 0 Å².